The molecule has 2 nitrogen and oxygen atoms in total. The number of hydrogen-bond acceptors (Lipinski definition) is 1. The number of carboxylic acids is 1. The summed E-state index contributed by atoms with van der Waals surface area (Å²) in [6.07, 6.45) is 0. The summed E-state index contributed by atoms with van der Waals surface area (Å²) in [6.45, 7) is 0. The molecule has 0 aromatic rings. The molecule has 7 heavy (non-hydrogen) atoms. The van der Waals surface area contributed by atoms with Gasteiger partial charge in [-0.05, 0) is 0 Å². The second-order valence-corrected chi connectivity index (χ2v) is 3.70. The van der Waals surface area contributed by atoms with Crippen LogP contribution in [0.1, 0.15) is 0 Å². The quantitative estimate of drug-likeness (QED) is 0.722. The van der Waals surface area contributed by atoms with Gasteiger partial charge in [0, 0.05) is 0 Å². The fourth-order valence-corrected chi connectivity index (χ4v) is 0. The maximum absolute atomic E-state index is 9.61. The standard InChI is InChI=1S/C2H2Br2O2.ClH/c3-1(4)2(5)6;/h1H,(H,5,6);1H. The zero-order valence-corrected chi connectivity index (χ0v) is 7.09. The van der Waals surface area contributed by atoms with Gasteiger partial charge in [-0.25, -0.2) is 0 Å². The van der Waals surface area contributed by atoms with Crippen molar-refractivity contribution in [3.63, 3.8) is 0 Å². The normalized spacial score (nSPS) is 7.86. The second kappa shape index (κ2) is 4.87. The van der Waals surface area contributed by atoms with Crippen LogP contribution in [0.25, 0.3) is 0 Å². The minimum atomic E-state index is -0.907. The first kappa shape index (κ1) is 10.7. The lowest BCUT2D eigenvalue weighted by Crippen LogP contribution is -2.02. The molecule has 0 saturated carbocycles. The molecule has 0 aliphatic heterocycles. The van der Waals surface area contributed by atoms with Crippen molar-refractivity contribution in [2.45, 2.75) is 3.74 Å². The molecule has 0 unspecified atom stereocenters. The van der Waals surface area contributed by atoms with Gasteiger partial charge in [0.2, 0.25) is 0 Å². The Labute approximate surface area is 63.9 Å². The summed E-state index contributed by atoms with van der Waals surface area (Å²) in [5.74, 6) is -0.907. The number of carboxylic acid groups (broad SMARTS) is 1. The van der Waals surface area contributed by atoms with Crippen molar-refractivity contribution in [1.29, 1.82) is 0 Å². The van der Waals surface area contributed by atoms with Crippen LogP contribution in [-0.4, -0.2) is 14.8 Å². The molecule has 0 spiro atoms. The monoisotopic (exact) mass is 252 g/mol. The van der Waals surface area contributed by atoms with E-state index in [0.717, 1.165) is 0 Å². The Bertz CT molecular complexity index is 64.7. The molecule has 0 amide bonds. The molecule has 0 aromatic heterocycles. The van der Waals surface area contributed by atoms with Crippen molar-refractivity contribution >= 4 is 50.2 Å². The lowest BCUT2D eigenvalue weighted by Gasteiger charge is -1.84. The minimum absolute atomic E-state index is 0. The van der Waals surface area contributed by atoms with Gasteiger partial charge in [-0.1, -0.05) is 31.9 Å². The fourth-order valence-electron chi connectivity index (χ4n) is 0. The number of halogens is 3. The number of rotatable bonds is 1. The van der Waals surface area contributed by atoms with Crippen LogP contribution >= 0.6 is 44.3 Å². The van der Waals surface area contributed by atoms with Gasteiger partial charge in [0.15, 0.2) is 3.74 Å². The predicted molar refractivity (Wildman–Crippen MR) is 36.5 cm³/mol. The Morgan fingerprint density at radius 1 is 1.57 bits per heavy atom. The topological polar surface area (TPSA) is 37.3 Å². The molecule has 0 atom stereocenters. The first-order chi connectivity index (χ1) is 2.64. The van der Waals surface area contributed by atoms with Crippen LogP contribution in [0.2, 0.25) is 0 Å². The van der Waals surface area contributed by atoms with E-state index in [-0.39, 0.29) is 12.4 Å². The molecule has 0 saturated heterocycles. The summed E-state index contributed by atoms with van der Waals surface area (Å²) >= 11 is 5.51. The van der Waals surface area contributed by atoms with Crippen LogP contribution in [0.4, 0.5) is 0 Å². The third-order valence-electron chi connectivity index (χ3n) is 0.187. The average molecular weight is 254 g/mol. The molecule has 0 heterocycles. The molecule has 5 heteroatoms. The molecular weight excluding hydrogens is 251 g/mol. The van der Waals surface area contributed by atoms with Gasteiger partial charge in [-0.2, -0.15) is 0 Å². The highest BCUT2D eigenvalue weighted by Crippen LogP contribution is 2.05. The van der Waals surface area contributed by atoms with E-state index >= 15 is 0 Å². The molecule has 0 aromatic carbocycles. The highest BCUT2D eigenvalue weighted by Gasteiger charge is 2.04. The molecule has 0 bridgehead atoms. The second-order valence-electron chi connectivity index (χ2n) is 0.639. The smallest absolute Gasteiger partial charge is 0.328 e. The van der Waals surface area contributed by atoms with Crippen molar-refractivity contribution in [1.82, 2.24) is 0 Å². The van der Waals surface area contributed by atoms with Crippen LogP contribution in [0.3, 0.4) is 0 Å². The Morgan fingerprint density at radius 2 is 1.71 bits per heavy atom. The number of hydrogen-bond donors (Lipinski definition) is 1. The third-order valence-corrected chi connectivity index (χ3v) is 0.970. The molecule has 0 fully saturated rings. The van der Waals surface area contributed by atoms with Crippen LogP contribution in [0.5, 0.6) is 0 Å². The minimum Gasteiger partial charge on any atom is -0.480 e. The Balaban J connectivity index is 0. The van der Waals surface area contributed by atoms with Gasteiger partial charge in [-0.3, -0.25) is 4.79 Å². The van der Waals surface area contributed by atoms with Crippen LogP contribution in [0.15, 0.2) is 0 Å². The van der Waals surface area contributed by atoms with Crippen LogP contribution < -0.4 is 0 Å². The Hall–Kier alpha value is 0.720. The summed E-state index contributed by atoms with van der Waals surface area (Å²) in [7, 11) is 0. The number of carbonyl (C=O) groups is 1. The highest BCUT2D eigenvalue weighted by molar-refractivity contribution is 9.25. The highest BCUT2D eigenvalue weighted by atomic mass is 79.9. The largest absolute Gasteiger partial charge is 0.480 e. The molecule has 44 valence electrons. The molecule has 0 aliphatic carbocycles. The average Bonchev–Trinajstić information content (AvgIpc) is 1.36. The fraction of sp³-hybridized carbons (Fsp3) is 0.500. The predicted octanol–water partition coefficient (Wildman–Crippen LogP) is 1.61. The molecular formula is C2H3Br2ClO2. The van der Waals surface area contributed by atoms with E-state index in [1.165, 1.54) is 0 Å². The first-order valence-electron chi connectivity index (χ1n) is 1.15. The summed E-state index contributed by atoms with van der Waals surface area (Å²) in [5, 5.41) is 7.90. The zero-order chi connectivity index (χ0) is 5.15. The van der Waals surface area contributed by atoms with Gasteiger partial charge in [0.1, 0.15) is 0 Å². The van der Waals surface area contributed by atoms with Crippen molar-refractivity contribution in [2.24, 2.45) is 0 Å². The number of aliphatic carboxylic acids is 1. The Morgan fingerprint density at radius 3 is 1.71 bits per heavy atom. The summed E-state index contributed by atoms with van der Waals surface area (Å²) < 4.78 is -0.606. The van der Waals surface area contributed by atoms with E-state index in [0.29, 0.717) is 0 Å². The van der Waals surface area contributed by atoms with E-state index in [1.54, 1.807) is 0 Å². The van der Waals surface area contributed by atoms with Gasteiger partial charge in [-0.15, -0.1) is 12.4 Å². The molecule has 0 rings (SSSR count). The summed E-state index contributed by atoms with van der Waals surface area (Å²) in [4.78, 5) is 9.61. The lowest BCUT2D eigenvalue weighted by molar-refractivity contribution is -0.134. The molecule has 0 aliphatic rings. The summed E-state index contributed by atoms with van der Waals surface area (Å²) in [5.41, 5.74) is 0. The van der Waals surface area contributed by atoms with Gasteiger partial charge < -0.3 is 5.11 Å². The number of alkyl halides is 2. The lowest BCUT2D eigenvalue weighted by atomic mass is 10.8. The third kappa shape index (κ3) is 6.72. The molecule has 0 radical (unpaired) electrons. The summed E-state index contributed by atoms with van der Waals surface area (Å²) in [6, 6.07) is 0. The van der Waals surface area contributed by atoms with Crippen molar-refractivity contribution < 1.29 is 9.90 Å². The van der Waals surface area contributed by atoms with Crippen LogP contribution in [0, 0.1) is 0 Å². The SMILES string of the molecule is Cl.O=C(O)C(Br)Br. The first-order valence-corrected chi connectivity index (χ1v) is 2.98. The van der Waals surface area contributed by atoms with Crippen molar-refractivity contribution in [3.05, 3.63) is 0 Å². The Kier molecular flexibility index (Phi) is 7.41. The van der Waals surface area contributed by atoms with Crippen molar-refractivity contribution in [3.8, 4) is 0 Å². The van der Waals surface area contributed by atoms with Gasteiger partial charge in [0.25, 0.3) is 0 Å². The van der Waals surface area contributed by atoms with E-state index in [1.807, 2.05) is 0 Å². The van der Waals surface area contributed by atoms with E-state index in [2.05, 4.69) is 31.9 Å². The van der Waals surface area contributed by atoms with Crippen LogP contribution in [-0.2, 0) is 4.79 Å². The maximum Gasteiger partial charge on any atom is 0.328 e. The van der Waals surface area contributed by atoms with Crippen molar-refractivity contribution in [2.75, 3.05) is 0 Å². The van der Waals surface area contributed by atoms with E-state index in [9.17, 15) is 4.79 Å². The zero-order valence-electron chi connectivity index (χ0n) is 3.10. The van der Waals surface area contributed by atoms with Gasteiger partial charge in [0.05, 0.1) is 0 Å². The van der Waals surface area contributed by atoms with E-state index in [4.69, 9.17) is 5.11 Å². The molecule has 1 N–H and O–H groups in total. The van der Waals surface area contributed by atoms with Gasteiger partial charge >= 0.3 is 5.97 Å². The van der Waals surface area contributed by atoms with E-state index < -0.39 is 9.71 Å². The maximum atomic E-state index is 9.61.